The summed E-state index contributed by atoms with van der Waals surface area (Å²) in [6.45, 7) is 0.916. The minimum absolute atomic E-state index is 0.0303. The maximum absolute atomic E-state index is 13.9. The van der Waals surface area contributed by atoms with E-state index in [1.807, 2.05) is 46.5 Å². The maximum Gasteiger partial charge on any atom is 0.268 e. The number of ether oxygens (including phenoxy) is 1. The van der Waals surface area contributed by atoms with Crippen molar-refractivity contribution in [2.45, 2.75) is 13.1 Å². The SMILES string of the molecule is COCCn1c(C(=O)NCc2ccc(F)cc2F)cc2c1c1ccccc1n2C. The number of hydrogen-bond acceptors (Lipinski definition) is 2. The van der Waals surface area contributed by atoms with Gasteiger partial charge in [-0.25, -0.2) is 8.78 Å². The summed E-state index contributed by atoms with van der Waals surface area (Å²) in [6, 6.07) is 13.2. The lowest BCUT2D eigenvalue weighted by Gasteiger charge is -2.11. The van der Waals surface area contributed by atoms with Gasteiger partial charge in [-0.1, -0.05) is 24.3 Å². The molecule has 0 radical (unpaired) electrons. The molecule has 0 saturated carbocycles. The van der Waals surface area contributed by atoms with Crippen LogP contribution in [0.1, 0.15) is 16.1 Å². The molecule has 0 aliphatic heterocycles. The third-order valence-corrected chi connectivity index (χ3v) is 5.16. The van der Waals surface area contributed by atoms with Crippen LogP contribution in [0.3, 0.4) is 0 Å². The number of para-hydroxylation sites is 1. The number of benzene rings is 2. The van der Waals surface area contributed by atoms with E-state index in [9.17, 15) is 13.6 Å². The molecular weight excluding hydrogens is 376 g/mol. The minimum Gasteiger partial charge on any atom is -0.383 e. The van der Waals surface area contributed by atoms with Gasteiger partial charge >= 0.3 is 0 Å². The second-order valence-corrected chi connectivity index (χ2v) is 6.90. The Morgan fingerprint density at radius 3 is 2.66 bits per heavy atom. The van der Waals surface area contributed by atoms with Crippen molar-refractivity contribution in [3.8, 4) is 0 Å². The average Bonchev–Trinajstić information content (AvgIpc) is 3.22. The van der Waals surface area contributed by atoms with Gasteiger partial charge in [0.05, 0.1) is 23.2 Å². The fourth-order valence-corrected chi connectivity index (χ4v) is 3.70. The predicted molar refractivity (Wildman–Crippen MR) is 108 cm³/mol. The van der Waals surface area contributed by atoms with Crippen molar-refractivity contribution in [2.75, 3.05) is 13.7 Å². The largest absolute Gasteiger partial charge is 0.383 e. The van der Waals surface area contributed by atoms with E-state index in [1.54, 1.807) is 7.11 Å². The first-order chi connectivity index (χ1) is 14.0. The van der Waals surface area contributed by atoms with Crippen LogP contribution in [-0.2, 0) is 24.9 Å². The van der Waals surface area contributed by atoms with Crippen LogP contribution in [0, 0.1) is 11.6 Å². The highest BCUT2D eigenvalue weighted by atomic mass is 19.1. The molecule has 0 spiro atoms. The Hall–Kier alpha value is -3.19. The summed E-state index contributed by atoms with van der Waals surface area (Å²) in [5.74, 6) is -1.66. The summed E-state index contributed by atoms with van der Waals surface area (Å²) in [5, 5.41) is 3.78. The zero-order valence-electron chi connectivity index (χ0n) is 16.2. The van der Waals surface area contributed by atoms with E-state index in [1.165, 1.54) is 12.1 Å². The number of halogens is 2. The van der Waals surface area contributed by atoms with Crippen molar-refractivity contribution >= 4 is 27.8 Å². The van der Waals surface area contributed by atoms with Crippen LogP contribution >= 0.6 is 0 Å². The monoisotopic (exact) mass is 397 g/mol. The number of rotatable bonds is 6. The van der Waals surface area contributed by atoms with Gasteiger partial charge in [0.25, 0.3) is 5.91 Å². The molecular formula is C22H21F2N3O2. The van der Waals surface area contributed by atoms with Crippen molar-refractivity contribution in [1.82, 2.24) is 14.5 Å². The standard InChI is InChI=1S/C22H21F2N3O2/c1-26-18-6-4-3-5-16(18)21-19(26)12-20(27(21)9-10-29-2)22(28)25-13-14-7-8-15(23)11-17(14)24/h3-8,11-12H,9-10,13H2,1-2H3,(H,25,28). The number of carbonyl (C=O) groups is 1. The highest BCUT2D eigenvalue weighted by Crippen LogP contribution is 2.31. The first-order valence-electron chi connectivity index (χ1n) is 9.29. The molecule has 0 saturated heterocycles. The Labute approximate surface area is 166 Å². The molecule has 0 bridgehead atoms. The number of fused-ring (bicyclic) bond motifs is 3. The van der Waals surface area contributed by atoms with Crippen LogP contribution in [-0.4, -0.2) is 28.8 Å². The van der Waals surface area contributed by atoms with Crippen LogP contribution in [0.15, 0.2) is 48.5 Å². The van der Waals surface area contributed by atoms with Crippen molar-refractivity contribution in [3.05, 3.63) is 71.4 Å². The number of nitrogens with one attached hydrogen (secondary N) is 1. The molecule has 2 aromatic heterocycles. The fourth-order valence-electron chi connectivity index (χ4n) is 3.70. The minimum atomic E-state index is -0.684. The molecule has 150 valence electrons. The smallest absolute Gasteiger partial charge is 0.268 e. The zero-order valence-corrected chi connectivity index (χ0v) is 16.2. The topological polar surface area (TPSA) is 48.2 Å². The summed E-state index contributed by atoms with van der Waals surface area (Å²) in [6.07, 6.45) is 0. The Balaban J connectivity index is 1.72. The molecule has 4 rings (SSSR count). The van der Waals surface area contributed by atoms with Crippen molar-refractivity contribution < 1.29 is 18.3 Å². The van der Waals surface area contributed by atoms with E-state index >= 15 is 0 Å². The molecule has 0 aliphatic carbocycles. The van der Waals surface area contributed by atoms with E-state index < -0.39 is 11.6 Å². The highest BCUT2D eigenvalue weighted by Gasteiger charge is 2.20. The van der Waals surface area contributed by atoms with Gasteiger partial charge in [-0.3, -0.25) is 4.79 Å². The quantitative estimate of drug-likeness (QED) is 0.535. The normalized spacial score (nSPS) is 11.4. The van der Waals surface area contributed by atoms with Crippen LogP contribution in [0.5, 0.6) is 0 Å². The van der Waals surface area contributed by atoms with Crippen molar-refractivity contribution in [3.63, 3.8) is 0 Å². The lowest BCUT2D eigenvalue weighted by atomic mass is 10.2. The number of hydrogen-bond donors (Lipinski definition) is 1. The van der Waals surface area contributed by atoms with Gasteiger partial charge in [0, 0.05) is 44.3 Å². The molecule has 29 heavy (non-hydrogen) atoms. The second kappa shape index (κ2) is 7.67. The lowest BCUT2D eigenvalue weighted by Crippen LogP contribution is -2.26. The van der Waals surface area contributed by atoms with E-state index in [0.29, 0.717) is 18.8 Å². The van der Waals surface area contributed by atoms with Gasteiger partial charge in [-0.05, 0) is 18.2 Å². The first-order valence-corrected chi connectivity index (χ1v) is 9.29. The molecule has 2 aromatic carbocycles. The van der Waals surface area contributed by atoms with Crippen LogP contribution in [0.25, 0.3) is 21.9 Å². The van der Waals surface area contributed by atoms with Gasteiger partial charge in [0.2, 0.25) is 0 Å². The van der Waals surface area contributed by atoms with Crippen LogP contribution < -0.4 is 5.32 Å². The van der Waals surface area contributed by atoms with Gasteiger partial charge in [-0.2, -0.15) is 0 Å². The molecule has 1 N–H and O–H groups in total. The van der Waals surface area contributed by atoms with Gasteiger partial charge in [-0.15, -0.1) is 0 Å². The lowest BCUT2D eigenvalue weighted by molar-refractivity contribution is 0.0939. The van der Waals surface area contributed by atoms with Gasteiger partial charge < -0.3 is 19.2 Å². The highest BCUT2D eigenvalue weighted by molar-refractivity contribution is 6.10. The molecule has 0 fully saturated rings. The maximum atomic E-state index is 13.9. The molecule has 0 unspecified atom stereocenters. The third-order valence-electron chi connectivity index (χ3n) is 5.16. The predicted octanol–water partition coefficient (Wildman–Crippen LogP) is 3.99. The van der Waals surface area contributed by atoms with E-state index in [2.05, 4.69) is 5.32 Å². The number of methoxy groups -OCH3 is 1. The molecule has 0 atom stereocenters. The number of carbonyl (C=O) groups excluding carboxylic acids is 1. The number of amides is 1. The van der Waals surface area contributed by atoms with Gasteiger partial charge in [0.1, 0.15) is 17.3 Å². The Bertz CT molecular complexity index is 1210. The Morgan fingerprint density at radius 1 is 1.10 bits per heavy atom. The first kappa shape index (κ1) is 19.1. The van der Waals surface area contributed by atoms with E-state index in [4.69, 9.17) is 4.74 Å². The summed E-state index contributed by atoms with van der Waals surface area (Å²) < 4.78 is 36.2. The Kier molecular flexibility index (Phi) is 5.07. The molecule has 2 heterocycles. The van der Waals surface area contributed by atoms with Gasteiger partial charge in [0.15, 0.2) is 0 Å². The molecule has 0 aliphatic rings. The number of aryl methyl sites for hydroxylation is 1. The summed E-state index contributed by atoms with van der Waals surface area (Å²) in [4.78, 5) is 12.9. The summed E-state index contributed by atoms with van der Waals surface area (Å²) in [5.41, 5.74) is 3.66. The van der Waals surface area contributed by atoms with E-state index in [-0.39, 0.29) is 18.0 Å². The fraction of sp³-hybridized carbons (Fsp3) is 0.227. The molecule has 1 amide bonds. The van der Waals surface area contributed by atoms with Crippen molar-refractivity contribution in [1.29, 1.82) is 0 Å². The molecule has 7 heteroatoms. The average molecular weight is 397 g/mol. The second-order valence-electron chi connectivity index (χ2n) is 6.90. The van der Waals surface area contributed by atoms with Crippen LogP contribution in [0.4, 0.5) is 8.78 Å². The van der Waals surface area contributed by atoms with E-state index in [0.717, 1.165) is 28.0 Å². The molecule has 5 nitrogen and oxygen atoms in total. The third kappa shape index (κ3) is 3.38. The summed E-state index contributed by atoms with van der Waals surface area (Å²) in [7, 11) is 3.57. The molecule has 4 aromatic rings. The summed E-state index contributed by atoms with van der Waals surface area (Å²) >= 11 is 0. The zero-order chi connectivity index (χ0) is 20.5. The Morgan fingerprint density at radius 2 is 1.90 bits per heavy atom. The number of aromatic nitrogens is 2. The van der Waals surface area contributed by atoms with Crippen LogP contribution in [0.2, 0.25) is 0 Å². The number of nitrogens with zero attached hydrogens (tertiary/aromatic N) is 2. The van der Waals surface area contributed by atoms with Crippen molar-refractivity contribution in [2.24, 2.45) is 7.05 Å².